The Morgan fingerprint density at radius 3 is 2.76 bits per heavy atom. The van der Waals surface area contributed by atoms with Crippen LogP contribution in [0.3, 0.4) is 0 Å². The van der Waals surface area contributed by atoms with Crippen LogP contribution in [0.1, 0.15) is 64.7 Å². The highest BCUT2D eigenvalue weighted by Crippen LogP contribution is 2.13. The van der Waals surface area contributed by atoms with Crippen LogP contribution in [0, 0.1) is 11.8 Å². The number of hydrogen-bond acceptors (Lipinski definition) is 2. The SMILES string of the molecule is CC/C=C\C/C=C\CCCC#CCCOC1CCCCO1. The Kier molecular flexibility index (Phi) is 11.9. The van der Waals surface area contributed by atoms with Crippen molar-refractivity contribution in [2.45, 2.75) is 71.0 Å². The molecular formula is C19H30O2. The van der Waals surface area contributed by atoms with Gasteiger partial charge in [0.25, 0.3) is 0 Å². The molecule has 0 aromatic carbocycles. The fourth-order valence-corrected chi connectivity index (χ4v) is 2.12. The average molecular weight is 290 g/mol. The summed E-state index contributed by atoms with van der Waals surface area (Å²) < 4.78 is 11.1. The molecule has 0 aromatic rings. The highest BCUT2D eigenvalue weighted by atomic mass is 16.7. The van der Waals surface area contributed by atoms with Gasteiger partial charge in [0.1, 0.15) is 0 Å². The summed E-state index contributed by atoms with van der Waals surface area (Å²) in [5, 5.41) is 0. The molecule has 0 N–H and O–H groups in total. The number of rotatable bonds is 9. The molecule has 1 unspecified atom stereocenters. The summed E-state index contributed by atoms with van der Waals surface area (Å²) in [6.45, 7) is 3.70. The first-order chi connectivity index (χ1) is 10.4. The highest BCUT2D eigenvalue weighted by molar-refractivity contribution is 4.99. The van der Waals surface area contributed by atoms with Crippen LogP contribution in [0.4, 0.5) is 0 Å². The van der Waals surface area contributed by atoms with Gasteiger partial charge < -0.3 is 9.47 Å². The number of hydrogen-bond donors (Lipinski definition) is 0. The lowest BCUT2D eigenvalue weighted by Gasteiger charge is -2.22. The number of ether oxygens (including phenoxy) is 2. The molecule has 2 nitrogen and oxygen atoms in total. The van der Waals surface area contributed by atoms with Gasteiger partial charge in [-0.3, -0.25) is 0 Å². The largest absolute Gasteiger partial charge is 0.353 e. The fraction of sp³-hybridized carbons (Fsp3) is 0.684. The van der Waals surface area contributed by atoms with E-state index in [1.54, 1.807) is 0 Å². The molecule has 118 valence electrons. The maximum atomic E-state index is 5.63. The van der Waals surface area contributed by atoms with Gasteiger partial charge in [0.05, 0.1) is 6.61 Å². The van der Waals surface area contributed by atoms with E-state index in [-0.39, 0.29) is 6.29 Å². The fourth-order valence-electron chi connectivity index (χ4n) is 2.12. The molecule has 1 atom stereocenters. The van der Waals surface area contributed by atoms with Crippen molar-refractivity contribution in [1.82, 2.24) is 0 Å². The molecule has 1 aliphatic heterocycles. The monoisotopic (exact) mass is 290 g/mol. The van der Waals surface area contributed by atoms with Gasteiger partial charge in [0, 0.05) is 19.4 Å². The van der Waals surface area contributed by atoms with E-state index in [0.717, 1.165) is 51.6 Å². The molecule has 0 aliphatic carbocycles. The van der Waals surface area contributed by atoms with Crippen LogP contribution in [0.15, 0.2) is 24.3 Å². The molecule has 1 heterocycles. The molecule has 1 saturated heterocycles. The standard InChI is InChI=1S/C19H30O2/c1-2-3-4-5-6-7-8-9-10-11-12-14-17-20-19-16-13-15-18-21-19/h3-4,6-7,19H,2,5,8-10,13-18H2,1H3/b4-3-,7-6-. The van der Waals surface area contributed by atoms with E-state index >= 15 is 0 Å². The van der Waals surface area contributed by atoms with E-state index in [2.05, 4.69) is 43.1 Å². The van der Waals surface area contributed by atoms with Gasteiger partial charge in [-0.15, -0.1) is 11.8 Å². The third-order valence-electron chi connectivity index (χ3n) is 3.31. The van der Waals surface area contributed by atoms with Crippen LogP contribution in [0.25, 0.3) is 0 Å². The highest BCUT2D eigenvalue weighted by Gasteiger charge is 2.12. The zero-order valence-electron chi connectivity index (χ0n) is 13.5. The second-order valence-electron chi connectivity index (χ2n) is 5.25. The lowest BCUT2D eigenvalue weighted by Crippen LogP contribution is -2.22. The average Bonchev–Trinajstić information content (AvgIpc) is 2.53. The third-order valence-corrected chi connectivity index (χ3v) is 3.31. The zero-order valence-corrected chi connectivity index (χ0v) is 13.5. The maximum Gasteiger partial charge on any atom is 0.157 e. The summed E-state index contributed by atoms with van der Waals surface area (Å²) >= 11 is 0. The molecule has 1 aliphatic rings. The Labute approximate surface area is 130 Å². The quantitative estimate of drug-likeness (QED) is 0.338. The van der Waals surface area contributed by atoms with E-state index in [4.69, 9.17) is 9.47 Å². The number of allylic oxidation sites excluding steroid dienone is 4. The van der Waals surface area contributed by atoms with E-state index in [9.17, 15) is 0 Å². The van der Waals surface area contributed by atoms with E-state index in [1.807, 2.05) is 0 Å². The number of unbranched alkanes of at least 4 members (excludes halogenated alkanes) is 2. The van der Waals surface area contributed by atoms with Crippen molar-refractivity contribution in [3.8, 4) is 11.8 Å². The topological polar surface area (TPSA) is 18.5 Å². The van der Waals surface area contributed by atoms with Gasteiger partial charge in [-0.2, -0.15) is 0 Å². The van der Waals surface area contributed by atoms with Crippen LogP contribution >= 0.6 is 0 Å². The molecule has 1 fully saturated rings. The molecule has 0 radical (unpaired) electrons. The van der Waals surface area contributed by atoms with Gasteiger partial charge in [0.2, 0.25) is 0 Å². The maximum absolute atomic E-state index is 5.63. The second-order valence-corrected chi connectivity index (χ2v) is 5.25. The Morgan fingerprint density at radius 2 is 1.95 bits per heavy atom. The van der Waals surface area contributed by atoms with Gasteiger partial charge in [0.15, 0.2) is 6.29 Å². The predicted molar refractivity (Wildman–Crippen MR) is 89.0 cm³/mol. The predicted octanol–water partition coefficient (Wildman–Crippen LogP) is 5.01. The lowest BCUT2D eigenvalue weighted by molar-refractivity contribution is -0.161. The van der Waals surface area contributed by atoms with Crippen molar-refractivity contribution in [2.75, 3.05) is 13.2 Å². The van der Waals surface area contributed by atoms with Crippen molar-refractivity contribution in [1.29, 1.82) is 0 Å². The summed E-state index contributed by atoms with van der Waals surface area (Å²) in [6.07, 6.45) is 18.6. The minimum atomic E-state index is 0.0208. The smallest absolute Gasteiger partial charge is 0.157 e. The van der Waals surface area contributed by atoms with Crippen LogP contribution in [0.5, 0.6) is 0 Å². The van der Waals surface area contributed by atoms with Crippen LogP contribution in [0.2, 0.25) is 0 Å². The molecule has 0 spiro atoms. The zero-order chi connectivity index (χ0) is 15.0. The third kappa shape index (κ3) is 11.3. The first-order valence-corrected chi connectivity index (χ1v) is 8.42. The van der Waals surface area contributed by atoms with E-state index < -0.39 is 0 Å². The Hall–Kier alpha value is -1.04. The van der Waals surface area contributed by atoms with Crippen molar-refractivity contribution >= 4 is 0 Å². The first-order valence-electron chi connectivity index (χ1n) is 8.42. The minimum Gasteiger partial charge on any atom is -0.353 e. The minimum absolute atomic E-state index is 0.0208. The molecule has 0 amide bonds. The normalized spacial score (nSPS) is 19.0. The molecule has 0 aromatic heterocycles. The van der Waals surface area contributed by atoms with Crippen molar-refractivity contribution in [2.24, 2.45) is 0 Å². The molecular weight excluding hydrogens is 260 g/mol. The summed E-state index contributed by atoms with van der Waals surface area (Å²) in [5.41, 5.74) is 0. The second kappa shape index (κ2) is 13.9. The van der Waals surface area contributed by atoms with Gasteiger partial charge >= 0.3 is 0 Å². The Bertz CT molecular complexity index is 340. The molecule has 0 bridgehead atoms. The van der Waals surface area contributed by atoms with E-state index in [1.165, 1.54) is 12.8 Å². The Morgan fingerprint density at radius 1 is 1.10 bits per heavy atom. The Balaban J connectivity index is 1.88. The van der Waals surface area contributed by atoms with E-state index in [0.29, 0.717) is 6.61 Å². The summed E-state index contributed by atoms with van der Waals surface area (Å²) in [4.78, 5) is 0. The van der Waals surface area contributed by atoms with Crippen molar-refractivity contribution in [3.63, 3.8) is 0 Å². The molecule has 0 saturated carbocycles. The van der Waals surface area contributed by atoms with Crippen molar-refractivity contribution < 1.29 is 9.47 Å². The van der Waals surface area contributed by atoms with Crippen LogP contribution < -0.4 is 0 Å². The van der Waals surface area contributed by atoms with Crippen LogP contribution in [-0.4, -0.2) is 19.5 Å². The lowest BCUT2D eigenvalue weighted by atomic mass is 10.2. The van der Waals surface area contributed by atoms with Crippen molar-refractivity contribution in [3.05, 3.63) is 24.3 Å². The first kappa shape index (κ1) is 18.0. The molecule has 1 rings (SSSR count). The molecule has 21 heavy (non-hydrogen) atoms. The van der Waals surface area contributed by atoms with Gasteiger partial charge in [-0.1, -0.05) is 31.2 Å². The van der Waals surface area contributed by atoms with Crippen LogP contribution in [-0.2, 0) is 9.47 Å². The van der Waals surface area contributed by atoms with Gasteiger partial charge in [-0.05, 0) is 44.9 Å². The summed E-state index contributed by atoms with van der Waals surface area (Å²) in [6, 6.07) is 0. The molecule has 2 heteroatoms. The summed E-state index contributed by atoms with van der Waals surface area (Å²) in [7, 11) is 0. The summed E-state index contributed by atoms with van der Waals surface area (Å²) in [5.74, 6) is 6.39. The van der Waals surface area contributed by atoms with Gasteiger partial charge in [-0.25, -0.2) is 0 Å².